The van der Waals surface area contributed by atoms with Crippen molar-refractivity contribution in [3.8, 4) is 0 Å². The molecule has 0 radical (unpaired) electrons. The number of nitrogens with one attached hydrogen (secondary N) is 2. The monoisotopic (exact) mass is 297 g/mol. The Morgan fingerprint density at radius 1 is 1.35 bits per heavy atom. The van der Waals surface area contributed by atoms with Gasteiger partial charge in [0.05, 0.1) is 5.75 Å². The van der Waals surface area contributed by atoms with Crippen molar-refractivity contribution in [1.29, 1.82) is 0 Å². The maximum atomic E-state index is 11.6. The van der Waals surface area contributed by atoms with Crippen LogP contribution in [0.3, 0.4) is 0 Å². The van der Waals surface area contributed by atoms with E-state index in [4.69, 9.17) is 0 Å². The van der Waals surface area contributed by atoms with Crippen LogP contribution in [0, 0.1) is 0 Å². The number of likely N-dealkylation sites (N-methyl/N-ethyl adjacent to an activating group) is 1. The van der Waals surface area contributed by atoms with Crippen LogP contribution in [0.4, 0.5) is 0 Å². The lowest BCUT2D eigenvalue weighted by Gasteiger charge is -2.08. The van der Waals surface area contributed by atoms with Crippen molar-refractivity contribution in [3.63, 3.8) is 0 Å². The maximum absolute atomic E-state index is 11.6. The van der Waals surface area contributed by atoms with Crippen molar-refractivity contribution < 1.29 is 8.42 Å². The molecule has 5 nitrogen and oxygen atoms in total. The fraction of sp³-hybridized carbons (Fsp3) is 0.429. The Hall–Kier alpha value is -1.37. The van der Waals surface area contributed by atoms with Gasteiger partial charge in [-0.2, -0.15) is 0 Å². The Bertz CT molecular complexity index is 690. The van der Waals surface area contributed by atoms with Gasteiger partial charge in [-0.3, -0.25) is 0 Å². The van der Waals surface area contributed by atoms with Crippen molar-refractivity contribution in [2.45, 2.75) is 12.2 Å². The number of benzene rings is 1. The summed E-state index contributed by atoms with van der Waals surface area (Å²) in [5.74, 6) is 0.0116. The third kappa shape index (κ3) is 3.59. The van der Waals surface area contributed by atoms with Crippen LogP contribution in [-0.2, 0) is 22.2 Å². The zero-order chi connectivity index (χ0) is 14.8. The molecule has 0 atom stereocenters. The average Bonchev–Trinajstić information content (AvgIpc) is 2.78. The molecule has 0 fully saturated rings. The molecule has 6 heteroatoms. The van der Waals surface area contributed by atoms with Crippen LogP contribution in [-0.4, -0.2) is 46.0 Å². The molecule has 1 aromatic heterocycles. The molecule has 0 aliphatic rings. The molecular weight excluding hydrogens is 276 g/mol. The summed E-state index contributed by atoms with van der Waals surface area (Å²) in [6.45, 7) is 0.964. The van der Waals surface area contributed by atoms with E-state index in [1.807, 2.05) is 38.5 Å². The first-order valence-electron chi connectivity index (χ1n) is 6.56. The van der Waals surface area contributed by atoms with Crippen LogP contribution in [0.15, 0.2) is 24.4 Å². The number of hydrogen-bond acceptors (Lipinski definition) is 3. The van der Waals surface area contributed by atoms with Crippen LogP contribution in [0.25, 0.3) is 10.9 Å². The molecule has 110 valence electrons. The van der Waals surface area contributed by atoms with Crippen LogP contribution in [0.5, 0.6) is 0 Å². The van der Waals surface area contributed by atoms with E-state index in [-0.39, 0.29) is 5.75 Å². The quantitative estimate of drug-likeness (QED) is 0.845. The third-order valence-electron chi connectivity index (χ3n) is 3.33. The van der Waals surface area contributed by atoms with Crippen molar-refractivity contribution >= 4 is 20.9 Å². The fourth-order valence-electron chi connectivity index (χ4n) is 2.16. The molecule has 0 bridgehead atoms. The van der Waals surface area contributed by atoms with Gasteiger partial charge >= 0.3 is 0 Å². The highest BCUT2D eigenvalue weighted by Crippen LogP contribution is 2.21. The molecule has 1 aromatic carbocycles. The minimum Gasteiger partial charge on any atom is -0.361 e. The molecule has 2 N–H and O–H groups in total. The van der Waals surface area contributed by atoms with E-state index in [2.05, 4.69) is 14.6 Å². The zero-order valence-electron chi connectivity index (χ0n) is 12.1. The Balaban J connectivity index is 2.29. The number of H-pyrrole nitrogens is 1. The average molecular weight is 297 g/mol. The molecule has 2 rings (SSSR count). The molecule has 0 aliphatic carbocycles. The first kappa shape index (κ1) is 15.0. The number of hydrogen-bond donors (Lipinski definition) is 2. The predicted molar refractivity (Wildman–Crippen MR) is 82.2 cm³/mol. The highest BCUT2D eigenvalue weighted by molar-refractivity contribution is 7.88. The zero-order valence-corrected chi connectivity index (χ0v) is 12.9. The van der Waals surface area contributed by atoms with E-state index in [1.54, 1.807) is 0 Å². The Kier molecular flexibility index (Phi) is 4.47. The summed E-state index contributed by atoms with van der Waals surface area (Å²) < 4.78 is 25.6. The number of aromatic nitrogens is 1. The Morgan fingerprint density at radius 2 is 2.10 bits per heavy atom. The summed E-state index contributed by atoms with van der Waals surface area (Å²) in [6.07, 6.45) is 2.94. The molecule has 0 aliphatic heterocycles. The molecule has 1 heterocycles. The first-order valence-corrected chi connectivity index (χ1v) is 8.21. The van der Waals surface area contributed by atoms with Gasteiger partial charge in [0.2, 0.25) is 10.0 Å². The lowest BCUT2D eigenvalue weighted by molar-refractivity contribution is 0.414. The second-order valence-corrected chi connectivity index (χ2v) is 7.14. The Labute approximate surface area is 120 Å². The largest absolute Gasteiger partial charge is 0.361 e. The predicted octanol–water partition coefficient (Wildman–Crippen LogP) is 1.32. The summed E-state index contributed by atoms with van der Waals surface area (Å²) in [5.41, 5.74) is 3.07. The van der Waals surface area contributed by atoms with Gasteiger partial charge in [-0.15, -0.1) is 0 Å². The van der Waals surface area contributed by atoms with Crippen molar-refractivity contribution in [2.24, 2.45) is 0 Å². The molecule has 0 amide bonds. The van der Waals surface area contributed by atoms with Gasteiger partial charge < -0.3 is 9.88 Å². The summed E-state index contributed by atoms with van der Waals surface area (Å²) in [5, 5.41) is 1.11. The number of rotatable bonds is 6. The van der Waals surface area contributed by atoms with Gasteiger partial charge in [0, 0.05) is 23.6 Å². The standard InChI is InChI=1S/C14H21N3O2S/c1-15-20(18,19)10-11-4-5-14-13(8-11)12(9-16-14)6-7-17(2)3/h4-5,8-9,15-16H,6-7,10H2,1-3H3/i9+2. The van der Waals surface area contributed by atoms with Gasteiger partial charge in [-0.1, -0.05) is 6.07 Å². The van der Waals surface area contributed by atoms with Crippen molar-refractivity contribution in [2.75, 3.05) is 27.7 Å². The molecule has 0 saturated heterocycles. The summed E-state index contributed by atoms with van der Waals surface area (Å²) in [7, 11) is 2.29. The summed E-state index contributed by atoms with van der Waals surface area (Å²) in [6, 6.07) is 5.75. The highest BCUT2D eigenvalue weighted by atomic mass is 32.2. The number of nitrogens with zero attached hydrogens (tertiary/aromatic N) is 1. The summed E-state index contributed by atoms with van der Waals surface area (Å²) >= 11 is 0. The second kappa shape index (κ2) is 5.95. The molecular formula is C14H21N3O2S. The Morgan fingerprint density at radius 3 is 2.75 bits per heavy atom. The molecule has 20 heavy (non-hydrogen) atoms. The van der Waals surface area contributed by atoms with E-state index in [9.17, 15) is 8.42 Å². The van der Waals surface area contributed by atoms with Gasteiger partial charge in [0.15, 0.2) is 0 Å². The van der Waals surface area contributed by atoms with E-state index >= 15 is 0 Å². The maximum Gasteiger partial charge on any atom is 0.215 e. The lowest BCUT2D eigenvalue weighted by Crippen LogP contribution is -2.20. The van der Waals surface area contributed by atoms with Crippen LogP contribution < -0.4 is 4.72 Å². The number of sulfonamides is 1. The highest BCUT2D eigenvalue weighted by Gasteiger charge is 2.11. The molecule has 2 aromatic rings. The third-order valence-corrected chi connectivity index (χ3v) is 4.66. The van der Waals surface area contributed by atoms with E-state index in [0.29, 0.717) is 0 Å². The molecule has 0 spiro atoms. The first-order chi connectivity index (χ1) is 9.41. The normalized spacial score (nSPS) is 12.4. The van der Waals surface area contributed by atoms with Gasteiger partial charge in [0.25, 0.3) is 0 Å². The van der Waals surface area contributed by atoms with Gasteiger partial charge in [0.1, 0.15) is 0 Å². The number of aromatic amines is 1. The topological polar surface area (TPSA) is 65.2 Å². The summed E-state index contributed by atoms with van der Waals surface area (Å²) in [4.78, 5) is 5.37. The fourth-order valence-corrected chi connectivity index (χ4v) is 2.92. The van der Waals surface area contributed by atoms with Gasteiger partial charge in [-0.05, 0) is 50.8 Å². The minimum absolute atomic E-state index is 0.0116. The molecule has 0 saturated carbocycles. The minimum atomic E-state index is -3.23. The van der Waals surface area contributed by atoms with Crippen LogP contribution >= 0.6 is 0 Å². The van der Waals surface area contributed by atoms with Crippen LogP contribution in [0.1, 0.15) is 11.1 Å². The van der Waals surface area contributed by atoms with Gasteiger partial charge in [-0.25, -0.2) is 13.1 Å². The van der Waals surface area contributed by atoms with E-state index in [0.717, 1.165) is 29.4 Å². The SMILES string of the molecule is CNS(=O)(=O)Cc1ccc2[nH][14cH]c(CCN(C)C)c2c1. The van der Waals surface area contributed by atoms with Crippen LogP contribution in [0.2, 0.25) is 0 Å². The number of fused-ring (bicyclic) bond motifs is 1. The van der Waals surface area contributed by atoms with E-state index in [1.165, 1.54) is 12.6 Å². The second-order valence-electron chi connectivity index (χ2n) is 5.21. The van der Waals surface area contributed by atoms with E-state index < -0.39 is 10.0 Å². The van der Waals surface area contributed by atoms with Crippen molar-refractivity contribution in [3.05, 3.63) is 35.5 Å². The smallest absolute Gasteiger partial charge is 0.215 e. The van der Waals surface area contributed by atoms with Crippen molar-refractivity contribution in [1.82, 2.24) is 14.6 Å². The lowest BCUT2D eigenvalue weighted by atomic mass is 10.1. The molecule has 0 unspecified atom stereocenters.